The maximum atomic E-state index is 13.8. The van der Waals surface area contributed by atoms with Crippen LogP contribution in [-0.4, -0.2) is 4.57 Å². The fourth-order valence-corrected chi connectivity index (χ4v) is 2.15. The number of aromatic nitrogens is 1. The lowest BCUT2D eigenvalue weighted by Gasteiger charge is -2.10. The van der Waals surface area contributed by atoms with Gasteiger partial charge in [-0.1, -0.05) is 0 Å². The highest BCUT2D eigenvalue weighted by molar-refractivity contribution is 5.45. The smallest absolute Gasteiger partial charge is 0.150 e. The largest absolute Gasteiger partial charge is 0.315 e. The molecule has 0 aliphatic carbocycles. The summed E-state index contributed by atoms with van der Waals surface area (Å²) >= 11 is 0. The summed E-state index contributed by atoms with van der Waals surface area (Å²) in [5.41, 5.74) is 4.67. The van der Waals surface area contributed by atoms with Crippen LogP contribution in [0.2, 0.25) is 0 Å². The van der Waals surface area contributed by atoms with E-state index in [-0.39, 0.29) is 0 Å². The summed E-state index contributed by atoms with van der Waals surface area (Å²) < 4.78 is 28.5. The van der Waals surface area contributed by atoms with Gasteiger partial charge in [-0.15, -0.1) is 0 Å². The molecule has 0 aliphatic heterocycles. The SMILES string of the molecule is Cc1c(C)c(C)n(-c2ccc(F)cc2F)c1C. The van der Waals surface area contributed by atoms with E-state index in [1.807, 2.05) is 32.3 Å². The lowest BCUT2D eigenvalue weighted by Crippen LogP contribution is -2.02. The Morgan fingerprint density at radius 2 is 1.41 bits per heavy atom. The molecule has 0 spiro atoms. The number of halogens is 2. The molecule has 1 aromatic heterocycles. The van der Waals surface area contributed by atoms with Gasteiger partial charge in [0, 0.05) is 17.5 Å². The molecule has 0 amide bonds. The molecule has 0 fully saturated rings. The van der Waals surface area contributed by atoms with Gasteiger partial charge < -0.3 is 4.57 Å². The third-order valence-electron chi connectivity index (χ3n) is 3.47. The standard InChI is InChI=1S/C14H15F2N/c1-8-9(2)11(4)17(10(8)3)14-6-5-12(15)7-13(14)16/h5-7H,1-4H3. The number of hydrogen-bond donors (Lipinski definition) is 0. The van der Waals surface area contributed by atoms with Crippen LogP contribution >= 0.6 is 0 Å². The molecule has 3 heteroatoms. The van der Waals surface area contributed by atoms with Crippen LogP contribution in [0.15, 0.2) is 18.2 Å². The van der Waals surface area contributed by atoms with Gasteiger partial charge in [0.2, 0.25) is 0 Å². The van der Waals surface area contributed by atoms with E-state index in [0.717, 1.165) is 28.6 Å². The highest BCUT2D eigenvalue weighted by atomic mass is 19.1. The molecule has 0 aliphatic rings. The van der Waals surface area contributed by atoms with Crippen molar-refractivity contribution in [3.63, 3.8) is 0 Å². The van der Waals surface area contributed by atoms with Crippen LogP contribution in [0.4, 0.5) is 8.78 Å². The Bertz CT molecular complexity index is 557. The maximum Gasteiger partial charge on any atom is 0.150 e. The van der Waals surface area contributed by atoms with Crippen molar-refractivity contribution < 1.29 is 8.78 Å². The normalized spacial score (nSPS) is 10.9. The van der Waals surface area contributed by atoms with Gasteiger partial charge in [-0.25, -0.2) is 8.78 Å². The minimum Gasteiger partial charge on any atom is -0.315 e. The summed E-state index contributed by atoms with van der Waals surface area (Å²) in [5.74, 6) is -1.09. The molecule has 90 valence electrons. The summed E-state index contributed by atoms with van der Waals surface area (Å²) in [6, 6.07) is 3.67. The molecule has 1 heterocycles. The van der Waals surface area contributed by atoms with Crippen molar-refractivity contribution >= 4 is 0 Å². The first-order chi connectivity index (χ1) is 7.93. The Morgan fingerprint density at radius 3 is 1.88 bits per heavy atom. The summed E-state index contributed by atoms with van der Waals surface area (Å²) in [6.07, 6.45) is 0. The predicted octanol–water partition coefficient (Wildman–Crippen LogP) is 3.99. The van der Waals surface area contributed by atoms with Crippen molar-refractivity contribution in [1.82, 2.24) is 4.57 Å². The fraction of sp³-hybridized carbons (Fsp3) is 0.286. The van der Waals surface area contributed by atoms with Gasteiger partial charge >= 0.3 is 0 Å². The van der Waals surface area contributed by atoms with E-state index >= 15 is 0 Å². The van der Waals surface area contributed by atoms with Crippen molar-refractivity contribution in [3.8, 4) is 5.69 Å². The van der Waals surface area contributed by atoms with Crippen LogP contribution in [0.3, 0.4) is 0 Å². The average molecular weight is 235 g/mol. The van der Waals surface area contributed by atoms with E-state index in [2.05, 4.69) is 0 Å². The lowest BCUT2D eigenvalue weighted by atomic mass is 10.2. The van der Waals surface area contributed by atoms with Crippen molar-refractivity contribution in [2.45, 2.75) is 27.7 Å². The number of rotatable bonds is 1. The van der Waals surface area contributed by atoms with Crippen molar-refractivity contribution in [3.05, 3.63) is 52.3 Å². The van der Waals surface area contributed by atoms with Gasteiger partial charge in [0.15, 0.2) is 0 Å². The molecule has 0 saturated carbocycles. The Morgan fingerprint density at radius 1 is 0.882 bits per heavy atom. The lowest BCUT2D eigenvalue weighted by molar-refractivity contribution is 0.576. The van der Waals surface area contributed by atoms with E-state index in [9.17, 15) is 8.78 Å². The monoisotopic (exact) mass is 235 g/mol. The summed E-state index contributed by atoms with van der Waals surface area (Å²) in [5, 5.41) is 0. The zero-order valence-electron chi connectivity index (χ0n) is 10.4. The highest BCUT2D eigenvalue weighted by Gasteiger charge is 2.15. The molecule has 1 nitrogen and oxygen atoms in total. The van der Waals surface area contributed by atoms with Crippen molar-refractivity contribution in [1.29, 1.82) is 0 Å². The molecule has 0 N–H and O–H groups in total. The predicted molar refractivity (Wildman–Crippen MR) is 64.6 cm³/mol. The zero-order valence-corrected chi connectivity index (χ0v) is 10.4. The van der Waals surface area contributed by atoms with Gasteiger partial charge in [-0.3, -0.25) is 0 Å². The van der Waals surface area contributed by atoms with E-state index in [4.69, 9.17) is 0 Å². The third-order valence-corrected chi connectivity index (χ3v) is 3.47. The minimum atomic E-state index is -0.554. The van der Waals surface area contributed by atoms with Gasteiger partial charge in [-0.2, -0.15) is 0 Å². The fourth-order valence-electron chi connectivity index (χ4n) is 2.15. The van der Waals surface area contributed by atoms with Gasteiger partial charge in [0.25, 0.3) is 0 Å². The van der Waals surface area contributed by atoms with Gasteiger partial charge in [0.1, 0.15) is 11.6 Å². The van der Waals surface area contributed by atoms with Crippen LogP contribution in [0.1, 0.15) is 22.5 Å². The van der Waals surface area contributed by atoms with Crippen molar-refractivity contribution in [2.75, 3.05) is 0 Å². The number of nitrogens with zero attached hydrogens (tertiary/aromatic N) is 1. The van der Waals surface area contributed by atoms with Crippen LogP contribution < -0.4 is 0 Å². The Balaban J connectivity index is 2.73. The first-order valence-corrected chi connectivity index (χ1v) is 5.54. The van der Waals surface area contributed by atoms with Crippen LogP contribution in [0.25, 0.3) is 5.69 Å². The molecule has 2 rings (SSSR count). The second-order valence-electron chi connectivity index (χ2n) is 4.35. The maximum absolute atomic E-state index is 13.8. The molecular formula is C14H15F2N. The first kappa shape index (κ1) is 11.8. The molecule has 0 atom stereocenters. The topological polar surface area (TPSA) is 4.93 Å². The van der Waals surface area contributed by atoms with E-state index in [1.165, 1.54) is 12.1 Å². The number of benzene rings is 1. The first-order valence-electron chi connectivity index (χ1n) is 5.54. The molecule has 2 aromatic rings. The summed E-state index contributed by atoms with van der Waals surface area (Å²) in [7, 11) is 0. The third kappa shape index (κ3) is 1.75. The Labute approximate surface area is 99.7 Å². The average Bonchev–Trinajstić information content (AvgIpc) is 2.45. The van der Waals surface area contributed by atoms with E-state index in [1.54, 1.807) is 0 Å². The van der Waals surface area contributed by atoms with Crippen LogP contribution in [0, 0.1) is 39.3 Å². The van der Waals surface area contributed by atoms with E-state index in [0.29, 0.717) is 5.69 Å². The molecule has 1 aromatic carbocycles. The zero-order chi connectivity index (χ0) is 12.7. The van der Waals surface area contributed by atoms with Gasteiger partial charge in [0.05, 0.1) is 5.69 Å². The van der Waals surface area contributed by atoms with Crippen LogP contribution in [0.5, 0.6) is 0 Å². The highest BCUT2D eigenvalue weighted by Crippen LogP contribution is 2.26. The summed E-state index contributed by atoms with van der Waals surface area (Å²) in [4.78, 5) is 0. The molecule has 0 radical (unpaired) electrons. The quantitative estimate of drug-likeness (QED) is 0.704. The molecule has 17 heavy (non-hydrogen) atoms. The Kier molecular flexibility index (Phi) is 2.77. The van der Waals surface area contributed by atoms with E-state index < -0.39 is 11.6 Å². The van der Waals surface area contributed by atoms with Crippen LogP contribution in [-0.2, 0) is 0 Å². The molecule has 0 saturated heterocycles. The molecule has 0 bridgehead atoms. The second-order valence-corrected chi connectivity index (χ2v) is 4.35. The van der Waals surface area contributed by atoms with Gasteiger partial charge in [-0.05, 0) is 51.0 Å². The summed E-state index contributed by atoms with van der Waals surface area (Å²) in [6.45, 7) is 7.90. The minimum absolute atomic E-state index is 0.401. The number of hydrogen-bond acceptors (Lipinski definition) is 0. The van der Waals surface area contributed by atoms with Crippen molar-refractivity contribution in [2.24, 2.45) is 0 Å². The Hall–Kier alpha value is -1.64. The molecule has 0 unspecified atom stereocenters. The molecular weight excluding hydrogens is 220 g/mol. The second kappa shape index (κ2) is 3.99.